The maximum absolute atomic E-state index is 14.0. The summed E-state index contributed by atoms with van der Waals surface area (Å²) in [6.45, 7) is 4.96. The van der Waals surface area contributed by atoms with E-state index in [0.29, 0.717) is 13.1 Å². The van der Waals surface area contributed by atoms with Gasteiger partial charge in [0, 0.05) is 12.1 Å². The van der Waals surface area contributed by atoms with E-state index in [2.05, 4.69) is 0 Å². The van der Waals surface area contributed by atoms with E-state index in [1.54, 1.807) is 11.0 Å². The fourth-order valence-corrected chi connectivity index (χ4v) is 4.03. The number of alkyl halides is 1. The second-order valence-electron chi connectivity index (χ2n) is 8.34. The Morgan fingerprint density at radius 3 is 2.35 bits per heavy atom. The molecule has 3 aliphatic rings. The Hall–Kier alpha value is -2.02. The molecule has 1 aromatic rings. The Labute approximate surface area is 150 Å². The van der Waals surface area contributed by atoms with Crippen molar-refractivity contribution in [1.29, 1.82) is 0 Å². The molecule has 2 aliphatic heterocycles. The Morgan fingerprint density at radius 1 is 1.08 bits per heavy atom. The van der Waals surface area contributed by atoms with Gasteiger partial charge in [0.2, 0.25) is 0 Å². The largest absolute Gasteiger partial charge is 0.362 e. The van der Waals surface area contributed by atoms with E-state index >= 15 is 0 Å². The third-order valence-corrected chi connectivity index (χ3v) is 5.22. The fraction of sp³-hybridized carbons (Fsp3) is 0.579. The summed E-state index contributed by atoms with van der Waals surface area (Å²) < 4.78 is 33.6. The summed E-state index contributed by atoms with van der Waals surface area (Å²) in [5.41, 5.74) is -2.71. The summed E-state index contributed by atoms with van der Waals surface area (Å²) in [4.78, 5) is 28.1. The number of carbonyl (C=O) groups is 2. The predicted molar refractivity (Wildman–Crippen MR) is 89.9 cm³/mol. The molecule has 7 heteroatoms. The summed E-state index contributed by atoms with van der Waals surface area (Å²) in [6, 6.07) is 5.59. The van der Waals surface area contributed by atoms with Gasteiger partial charge in [-0.1, -0.05) is 6.07 Å². The van der Waals surface area contributed by atoms with Crippen molar-refractivity contribution < 1.29 is 23.1 Å². The number of ether oxygens (including phenoxy) is 1. The van der Waals surface area contributed by atoms with Crippen molar-refractivity contribution >= 4 is 11.8 Å². The molecule has 3 fully saturated rings. The lowest BCUT2D eigenvalue weighted by atomic mass is 9.87. The van der Waals surface area contributed by atoms with Gasteiger partial charge in [-0.3, -0.25) is 9.59 Å². The summed E-state index contributed by atoms with van der Waals surface area (Å²) in [5, 5.41) is 0. The van der Waals surface area contributed by atoms with Gasteiger partial charge in [-0.15, -0.1) is 0 Å². The normalized spacial score (nSPS) is 24.9. The molecule has 26 heavy (non-hydrogen) atoms. The maximum Gasteiger partial charge on any atom is 0.260 e. The predicted octanol–water partition coefficient (Wildman–Crippen LogP) is 2.16. The molecule has 1 saturated carbocycles. The van der Waals surface area contributed by atoms with Crippen LogP contribution in [-0.2, 0) is 9.53 Å². The van der Waals surface area contributed by atoms with E-state index in [4.69, 9.17) is 4.74 Å². The molecule has 1 spiro atoms. The zero-order valence-electron chi connectivity index (χ0n) is 14.9. The van der Waals surface area contributed by atoms with Crippen LogP contribution in [0.15, 0.2) is 24.3 Å². The molecule has 4 rings (SSSR count). The average Bonchev–Trinajstić information content (AvgIpc) is 3.28. The van der Waals surface area contributed by atoms with Gasteiger partial charge in [-0.05, 0) is 44.9 Å². The number of nitrogens with zero attached hydrogens (tertiary/aromatic N) is 2. The molecule has 0 radical (unpaired) electrons. The highest BCUT2D eigenvalue weighted by molar-refractivity contribution is 5.94. The van der Waals surface area contributed by atoms with E-state index in [-0.39, 0.29) is 37.4 Å². The van der Waals surface area contributed by atoms with Crippen molar-refractivity contribution in [3.8, 4) is 0 Å². The van der Waals surface area contributed by atoms with Crippen molar-refractivity contribution in [1.82, 2.24) is 9.80 Å². The summed E-state index contributed by atoms with van der Waals surface area (Å²) in [5.74, 6) is -1.21. The van der Waals surface area contributed by atoms with Gasteiger partial charge < -0.3 is 14.5 Å². The zero-order valence-corrected chi connectivity index (χ0v) is 14.9. The first-order valence-electron chi connectivity index (χ1n) is 8.85. The molecule has 0 unspecified atom stereocenters. The summed E-state index contributed by atoms with van der Waals surface area (Å²) in [7, 11) is 0. The molecular formula is C19H22F2N2O3. The maximum atomic E-state index is 14.0. The quantitative estimate of drug-likeness (QED) is 0.808. The van der Waals surface area contributed by atoms with Crippen LogP contribution in [-0.4, -0.2) is 64.7 Å². The van der Waals surface area contributed by atoms with Gasteiger partial charge in [0.1, 0.15) is 11.4 Å². The number of hydrogen-bond acceptors (Lipinski definition) is 3. The van der Waals surface area contributed by atoms with E-state index in [1.807, 2.05) is 13.8 Å². The Morgan fingerprint density at radius 2 is 1.73 bits per heavy atom. The molecule has 1 aliphatic carbocycles. The molecule has 2 heterocycles. The highest BCUT2D eigenvalue weighted by atomic mass is 19.1. The number of likely N-dealkylation sites (tertiary alicyclic amines) is 1. The van der Waals surface area contributed by atoms with Gasteiger partial charge in [0.15, 0.2) is 5.67 Å². The number of amides is 2. The second-order valence-corrected chi connectivity index (χ2v) is 8.34. The first-order valence-corrected chi connectivity index (χ1v) is 8.85. The zero-order chi connectivity index (χ0) is 18.7. The van der Waals surface area contributed by atoms with Crippen molar-refractivity contribution in [3.05, 3.63) is 35.6 Å². The minimum Gasteiger partial charge on any atom is -0.362 e. The van der Waals surface area contributed by atoms with Crippen LogP contribution in [0, 0.1) is 5.82 Å². The molecule has 2 saturated heterocycles. The lowest BCUT2D eigenvalue weighted by molar-refractivity contribution is -0.240. The minimum absolute atomic E-state index is 0.269. The standard InChI is InChI=1S/C19H22F2N2O3/c1-17(2)9-22(15(24)13-4-3-5-14(20)8-13)10-18(26-17)11-23(12-18)16(25)19(21)6-7-19/h3-5,8H,6-7,9-12H2,1-2H3. The SMILES string of the molecule is CC1(C)CN(C(=O)c2cccc(F)c2)CC2(CN(C(=O)C3(F)CC3)C2)O1. The smallest absolute Gasteiger partial charge is 0.260 e. The van der Waals surface area contributed by atoms with Gasteiger partial charge >= 0.3 is 0 Å². The van der Waals surface area contributed by atoms with Crippen LogP contribution in [0.5, 0.6) is 0 Å². The van der Waals surface area contributed by atoms with Crippen molar-refractivity contribution in [2.45, 2.75) is 43.6 Å². The molecule has 140 valence electrons. The van der Waals surface area contributed by atoms with Crippen LogP contribution in [0.1, 0.15) is 37.0 Å². The van der Waals surface area contributed by atoms with Crippen molar-refractivity contribution in [2.24, 2.45) is 0 Å². The molecule has 0 N–H and O–H groups in total. The number of halogens is 2. The van der Waals surface area contributed by atoms with E-state index in [0.717, 1.165) is 0 Å². The molecule has 0 atom stereocenters. The van der Waals surface area contributed by atoms with Crippen LogP contribution in [0.4, 0.5) is 8.78 Å². The first kappa shape index (κ1) is 17.4. The number of hydrogen-bond donors (Lipinski definition) is 0. The Kier molecular flexibility index (Phi) is 3.67. The minimum atomic E-state index is -1.69. The van der Waals surface area contributed by atoms with Gasteiger partial charge in [0.05, 0.1) is 25.2 Å². The number of rotatable bonds is 2. The highest BCUT2D eigenvalue weighted by Crippen LogP contribution is 2.45. The topological polar surface area (TPSA) is 49.9 Å². The van der Waals surface area contributed by atoms with Crippen LogP contribution >= 0.6 is 0 Å². The first-order chi connectivity index (χ1) is 12.1. The Bertz CT molecular complexity index is 770. The lowest BCUT2D eigenvalue weighted by Gasteiger charge is -2.58. The third kappa shape index (κ3) is 2.98. The summed E-state index contributed by atoms with van der Waals surface area (Å²) >= 11 is 0. The van der Waals surface area contributed by atoms with Gasteiger partial charge in [0.25, 0.3) is 11.8 Å². The van der Waals surface area contributed by atoms with Crippen LogP contribution < -0.4 is 0 Å². The van der Waals surface area contributed by atoms with E-state index in [1.165, 1.54) is 23.1 Å². The molecule has 1 aromatic carbocycles. The van der Waals surface area contributed by atoms with Gasteiger partial charge in [-0.2, -0.15) is 0 Å². The van der Waals surface area contributed by atoms with E-state index < -0.39 is 28.6 Å². The lowest BCUT2D eigenvalue weighted by Crippen LogP contribution is -2.75. The Balaban J connectivity index is 1.50. The molecule has 0 bridgehead atoms. The highest BCUT2D eigenvalue weighted by Gasteiger charge is 2.60. The monoisotopic (exact) mass is 364 g/mol. The number of benzene rings is 1. The van der Waals surface area contributed by atoms with Gasteiger partial charge in [-0.25, -0.2) is 8.78 Å². The fourth-order valence-electron chi connectivity index (χ4n) is 4.03. The molecule has 0 aromatic heterocycles. The van der Waals surface area contributed by atoms with Crippen LogP contribution in [0.3, 0.4) is 0 Å². The molecule has 5 nitrogen and oxygen atoms in total. The van der Waals surface area contributed by atoms with Crippen molar-refractivity contribution in [3.63, 3.8) is 0 Å². The third-order valence-electron chi connectivity index (χ3n) is 5.22. The number of morpholine rings is 1. The van der Waals surface area contributed by atoms with Crippen LogP contribution in [0.25, 0.3) is 0 Å². The number of carbonyl (C=O) groups excluding carboxylic acids is 2. The van der Waals surface area contributed by atoms with Crippen molar-refractivity contribution in [2.75, 3.05) is 26.2 Å². The summed E-state index contributed by atoms with van der Waals surface area (Å²) in [6.07, 6.45) is 0.567. The van der Waals surface area contributed by atoms with Crippen LogP contribution in [0.2, 0.25) is 0 Å². The average molecular weight is 364 g/mol. The molecular weight excluding hydrogens is 342 g/mol. The second kappa shape index (κ2) is 5.49. The van der Waals surface area contributed by atoms with E-state index in [9.17, 15) is 18.4 Å². The molecule has 2 amide bonds.